The van der Waals surface area contributed by atoms with Crippen molar-refractivity contribution in [1.82, 2.24) is 19.7 Å². The van der Waals surface area contributed by atoms with Crippen molar-refractivity contribution in [3.63, 3.8) is 0 Å². The molecule has 2 aliphatic heterocycles. The normalized spacial score (nSPS) is 25.0. The van der Waals surface area contributed by atoms with E-state index in [1.165, 1.54) is 24.2 Å². The number of rotatable bonds is 2. The number of carbonyl (C=O) groups excluding carboxylic acids is 1. The van der Waals surface area contributed by atoms with Crippen LogP contribution < -0.4 is 5.32 Å². The first kappa shape index (κ1) is 15.7. The second kappa shape index (κ2) is 7.39. The van der Waals surface area contributed by atoms with Crippen molar-refractivity contribution in [2.75, 3.05) is 51.6 Å². The third-order valence-electron chi connectivity index (χ3n) is 4.63. The number of hydrogen-bond acceptors (Lipinski definition) is 5. The molecule has 0 aliphatic carbocycles. The summed E-state index contributed by atoms with van der Waals surface area (Å²) < 4.78 is 0. The molecule has 22 heavy (non-hydrogen) atoms. The van der Waals surface area contributed by atoms with E-state index >= 15 is 0 Å². The van der Waals surface area contributed by atoms with Crippen LogP contribution in [0.25, 0.3) is 0 Å². The molecule has 0 spiro atoms. The van der Waals surface area contributed by atoms with Crippen LogP contribution in [0.15, 0.2) is 11.6 Å². The van der Waals surface area contributed by atoms with E-state index < -0.39 is 0 Å². The van der Waals surface area contributed by atoms with Crippen LogP contribution in [0.1, 0.15) is 19.3 Å². The molecular formula is C15H25N5OS. The Morgan fingerprint density at radius 3 is 2.82 bits per heavy atom. The van der Waals surface area contributed by atoms with Crippen LogP contribution in [0.5, 0.6) is 0 Å². The topological polar surface area (TPSA) is 51.7 Å². The van der Waals surface area contributed by atoms with Crippen LogP contribution >= 0.6 is 11.3 Å². The largest absolute Gasteiger partial charge is 0.323 e. The van der Waals surface area contributed by atoms with Gasteiger partial charge in [0.15, 0.2) is 5.13 Å². The zero-order chi connectivity index (χ0) is 15.4. The van der Waals surface area contributed by atoms with Gasteiger partial charge in [0, 0.05) is 56.9 Å². The molecule has 0 radical (unpaired) electrons. The summed E-state index contributed by atoms with van der Waals surface area (Å²) in [6.45, 7) is 6.16. The average Bonchev–Trinajstić information content (AvgIpc) is 2.90. The average molecular weight is 323 g/mol. The first-order chi connectivity index (χ1) is 10.7. The first-order valence-corrected chi connectivity index (χ1v) is 8.98. The standard InChI is InChI=1S/C15H25N5OS/c1-18-7-9-19(10-8-18)13-4-2-3-6-20(12-13)15(21)17-14-16-5-11-22-14/h5,11,13H,2-4,6-10,12H2,1H3,(H,16,17,21)/t13-/m0/s1. The molecular weight excluding hydrogens is 298 g/mol. The zero-order valence-corrected chi connectivity index (χ0v) is 14.0. The minimum atomic E-state index is -0.00372. The summed E-state index contributed by atoms with van der Waals surface area (Å²) in [6.07, 6.45) is 5.22. The molecule has 0 saturated carbocycles. The molecule has 3 heterocycles. The highest BCUT2D eigenvalue weighted by Crippen LogP contribution is 2.19. The highest BCUT2D eigenvalue weighted by Gasteiger charge is 2.28. The van der Waals surface area contributed by atoms with Gasteiger partial charge in [-0.3, -0.25) is 10.2 Å². The second-order valence-electron chi connectivity index (χ2n) is 6.20. The molecule has 3 rings (SSSR count). The number of nitrogens with one attached hydrogen (secondary N) is 1. The van der Waals surface area contributed by atoms with Crippen molar-refractivity contribution in [1.29, 1.82) is 0 Å². The fourth-order valence-electron chi connectivity index (χ4n) is 3.24. The van der Waals surface area contributed by atoms with Crippen LogP contribution in [0, 0.1) is 0 Å². The SMILES string of the molecule is CN1CCN([C@H]2CCCCN(C(=O)Nc3nccs3)C2)CC1. The predicted molar refractivity (Wildman–Crippen MR) is 89.4 cm³/mol. The van der Waals surface area contributed by atoms with Crippen molar-refractivity contribution in [2.24, 2.45) is 0 Å². The van der Waals surface area contributed by atoms with Gasteiger partial charge in [-0.15, -0.1) is 11.3 Å². The van der Waals surface area contributed by atoms with E-state index in [0.717, 1.165) is 45.7 Å². The van der Waals surface area contributed by atoms with E-state index in [1.807, 2.05) is 10.3 Å². The Labute approximate surface area is 136 Å². The number of anilines is 1. The van der Waals surface area contributed by atoms with Gasteiger partial charge in [-0.25, -0.2) is 9.78 Å². The van der Waals surface area contributed by atoms with E-state index in [0.29, 0.717) is 11.2 Å². The number of nitrogens with zero attached hydrogens (tertiary/aromatic N) is 4. The van der Waals surface area contributed by atoms with Gasteiger partial charge in [0.2, 0.25) is 0 Å². The van der Waals surface area contributed by atoms with Crippen molar-refractivity contribution in [2.45, 2.75) is 25.3 Å². The van der Waals surface area contributed by atoms with Gasteiger partial charge in [-0.05, 0) is 19.9 Å². The summed E-state index contributed by atoms with van der Waals surface area (Å²) in [7, 11) is 2.18. The van der Waals surface area contributed by atoms with E-state index in [1.54, 1.807) is 6.20 Å². The number of carbonyl (C=O) groups is 1. The zero-order valence-electron chi connectivity index (χ0n) is 13.2. The summed E-state index contributed by atoms with van der Waals surface area (Å²) >= 11 is 1.46. The lowest BCUT2D eigenvalue weighted by Crippen LogP contribution is -2.52. The third kappa shape index (κ3) is 3.97. The quantitative estimate of drug-likeness (QED) is 0.901. The number of urea groups is 1. The lowest BCUT2D eigenvalue weighted by molar-refractivity contribution is 0.0948. The number of aromatic nitrogens is 1. The lowest BCUT2D eigenvalue weighted by atomic mass is 10.1. The number of amides is 2. The van der Waals surface area contributed by atoms with E-state index in [4.69, 9.17) is 0 Å². The monoisotopic (exact) mass is 323 g/mol. The molecule has 0 bridgehead atoms. The number of likely N-dealkylation sites (tertiary alicyclic amines) is 1. The maximum absolute atomic E-state index is 12.5. The summed E-state index contributed by atoms with van der Waals surface area (Å²) in [5, 5.41) is 5.48. The molecule has 0 aromatic carbocycles. The molecule has 122 valence electrons. The van der Waals surface area contributed by atoms with E-state index in [9.17, 15) is 4.79 Å². The minimum Gasteiger partial charge on any atom is -0.323 e. The number of thiazole rings is 1. The van der Waals surface area contributed by atoms with Crippen LogP contribution in [-0.4, -0.2) is 78.1 Å². The fraction of sp³-hybridized carbons (Fsp3) is 0.733. The molecule has 2 saturated heterocycles. The van der Waals surface area contributed by atoms with Crippen molar-refractivity contribution in [3.8, 4) is 0 Å². The molecule has 1 N–H and O–H groups in total. The lowest BCUT2D eigenvalue weighted by Gasteiger charge is -2.39. The fourth-order valence-corrected chi connectivity index (χ4v) is 3.76. The van der Waals surface area contributed by atoms with Crippen LogP contribution in [0.2, 0.25) is 0 Å². The first-order valence-electron chi connectivity index (χ1n) is 8.10. The highest BCUT2D eigenvalue weighted by atomic mass is 32.1. The van der Waals surface area contributed by atoms with Gasteiger partial charge in [0.05, 0.1) is 0 Å². The van der Waals surface area contributed by atoms with E-state index in [2.05, 4.69) is 27.1 Å². The number of hydrogen-bond donors (Lipinski definition) is 1. The second-order valence-corrected chi connectivity index (χ2v) is 7.10. The molecule has 2 fully saturated rings. The number of piperazine rings is 1. The van der Waals surface area contributed by atoms with Crippen LogP contribution in [-0.2, 0) is 0 Å². The van der Waals surface area contributed by atoms with Gasteiger partial charge < -0.3 is 9.80 Å². The number of likely N-dealkylation sites (N-methyl/N-ethyl adjacent to an activating group) is 1. The summed E-state index contributed by atoms with van der Waals surface area (Å²) in [4.78, 5) is 23.5. The molecule has 0 unspecified atom stereocenters. The Kier molecular flexibility index (Phi) is 5.28. The Morgan fingerprint density at radius 2 is 2.09 bits per heavy atom. The smallest absolute Gasteiger partial charge is 0.323 e. The molecule has 2 amide bonds. The summed E-state index contributed by atoms with van der Waals surface area (Å²) in [5.74, 6) is 0. The van der Waals surface area contributed by atoms with E-state index in [-0.39, 0.29) is 6.03 Å². The molecule has 2 aliphatic rings. The Morgan fingerprint density at radius 1 is 1.27 bits per heavy atom. The Hall–Kier alpha value is -1.18. The Bertz CT molecular complexity index is 472. The Balaban J connectivity index is 1.58. The minimum absolute atomic E-state index is 0.00372. The van der Waals surface area contributed by atoms with Crippen LogP contribution in [0.4, 0.5) is 9.93 Å². The maximum Gasteiger partial charge on any atom is 0.323 e. The van der Waals surface area contributed by atoms with Gasteiger partial charge in [-0.1, -0.05) is 6.42 Å². The predicted octanol–water partition coefficient (Wildman–Crippen LogP) is 1.78. The van der Waals surface area contributed by atoms with Gasteiger partial charge in [0.1, 0.15) is 0 Å². The summed E-state index contributed by atoms with van der Waals surface area (Å²) in [5.41, 5.74) is 0. The molecule has 1 aromatic rings. The van der Waals surface area contributed by atoms with Gasteiger partial charge in [0.25, 0.3) is 0 Å². The molecule has 1 aromatic heterocycles. The molecule has 6 nitrogen and oxygen atoms in total. The van der Waals surface area contributed by atoms with Gasteiger partial charge >= 0.3 is 6.03 Å². The van der Waals surface area contributed by atoms with Crippen molar-refractivity contribution >= 4 is 22.5 Å². The van der Waals surface area contributed by atoms with Crippen molar-refractivity contribution in [3.05, 3.63) is 11.6 Å². The van der Waals surface area contributed by atoms with Crippen LogP contribution in [0.3, 0.4) is 0 Å². The van der Waals surface area contributed by atoms with Crippen molar-refractivity contribution < 1.29 is 4.79 Å². The molecule has 7 heteroatoms. The maximum atomic E-state index is 12.5. The highest BCUT2D eigenvalue weighted by molar-refractivity contribution is 7.13. The molecule has 1 atom stereocenters. The van der Waals surface area contributed by atoms with Gasteiger partial charge in [-0.2, -0.15) is 0 Å². The summed E-state index contributed by atoms with van der Waals surface area (Å²) in [6, 6.07) is 0.495. The third-order valence-corrected chi connectivity index (χ3v) is 5.32.